The van der Waals surface area contributed by atoms with E-state index in [-0.39, 0.29) is 5.56 Å². The highest BCUT2D eigenvalue weighted by molar-refractivity contribution is 5.77. The van der Waals surface area contributed by atoms with Gasteiger partial charge in [0.1, 0.15) is 5.82 Å². The van der Waals surface area contributed by atoms with Crippen molar-refractivity contribution in [2.24, 2.45) is 0 Å². The minimum atomic E-state index is 0.129. The van der Waals surface area contributed by atoms with Gasteiger partial charge in [-0.25, -0.2) is 4.98 Å². The van der Waals surface area contributed by atoms with Gasteiger partial charge in [-0.3, -0.25) is 14.3 Å². The molecule has 2 aromatic carbocycles. The molecule has 4 heteroatoms. The van der Waals surface area contributed by atoms with Crippen LogP contribution in [-0.4, -0.2) is 27.0 Å². The zero-order valence-electron chi connectivity index (χ0n) is 14.8. The lowest BCUT2D eigenvalue weighted by molar-refractivity contribution is 0.0889. The van der Waals surface area contributed by atoms with Crippen LogP contribution in [0.4, 0.5) is 0 Å². The first kappa shape index (κ1) is 15.8. The third-order valence-electron chi connectivity index (χ3n) is 5.99. The molecule has 0 N–H and O–H groups in total. The SMILES string of the molecule is O=c1c2ccccc2nc2n1CC[C@@H]1[C@H]2CCCN1Cc1ccccc1. The molecule has 0 amide bonds. The number of likely N-dealkylation sites (tertiary alicyclic amines) is 1. The summed E-state index contributed by atoms with van der Waals surface area (Å²) < 4.78 is 1.94. The van der Waals surface area contributed by atoms with E-state index in [2.05, 4.69) is 35.2 Å². The predicted octanol–water partition coefficient (Wildman–Crippen LogP) is 3.55. The maximum Gasteiger partial charge on any atom is 0.261 e. The largest absolute Gasteiger partial charge is 0.296 e. The van der Waals surface area contributed by atoms with Gasteiger partial charge in [0, 0.05) is 25.0 Å². The van der Waals surface area contributed by atoms with E-state index in [1.54, 1.807) is 0 Å². The monoisotopic (exact) mass is 345 g/mol. The van der Waals surface area contributed by atoms with Crippen LogP contribution in [0.5, 0.6) is 0 Å². The first-order valence-corrected chi connectivity index (χ1v) is 9.59. The van der Waals surface area contributed by atoms with Crippen molar-refractivity contribution >= 4 is 10.9 Å². The summed E-state index contributed by atoms with van der Waals surface area (Å²) in [6.45, 7) is 2.89. The number of piperidine rings is 1. The Bertz CT molecular complexity index is 995. The minimum Gasteiger partial charge on any atom is -0.296 e. The highest BCUT2D eigenvalue weighted by atomic mass is 16.1. The van der Waals surface area contributed by atoms with Crippen LogP contribution < -0.4 is 5.56 Å². The van der Waals surface area contributed by atoms with Gasteiger partial charge in [0.05, 0.1) is 10.9 Å². The molecule has 1 saturated heterocycles. The zero-order chi connectivity index (χ0) is 17.5. The molecule has 1 aromatic heterocycles. The highest BCUT2D eigenvalue weighted by Crippen LogP contribution is 2.37. The lowest BCUT2D eigenvalue weighted by Crippen LogP contribution is -2.49. The van der Waals surface area contributed by atoms with E-state index in [0.29, 0.717) is 12.0 Å². The third kappa shape index (κ3) is 2.56. The van der Waals surface area contributed by atoms with Crippen molar-refractivity contribution in [3.63, 3.8) is 0 Å². The molecule has 0 spiro atoms. The van der Waals surface area contributed by atoms with Crippen LogP contribution in [0, 0.1) is 0 Å². The van der Waals surface area contributed by atoms with Gasteiger partial charge in [-0.05, 0) is 43.5 Å². The molecule has 2 aliphatic heterocycles. The zero-order valence-corrected chi connectivity index (χ0v) is 14.8. The molecule has 26 heavy (non-hydrogen) atoms. The second kappa shape index (κ2) is 6.36. The van der Waals surface area contributed by atoms with Crippen LogP contribution in [0.25, 0.3) is 10.9 Å². The second-order valence-corrected chi connectivity index (χ2v) is 7.50. The summed E-state index contributed by atoms with van der Waals surface area (Å²) in [6, 6.07) is 18.9. The average Bonchev–Trinajstić information content (AvgIpc) is 2.69. The van der Waals surface area contributed by atoms with Crippen molar-refractivity contribution in [1.82, 2.24) is 14.5 Å². The third-order valence-corrected chi connectivity index (χ3v) is 5.99. The minimum absolute atomic E-state index is 0.129. The Morgan fingerprint density at radius 1 is 0.962 bits per heavy atom. The molecular weight excluding hydrogens is 322 g/mol. The van der Waals surface area contributed by atoms with Gasteiger partial charge in [-0.15, -0.1) is 0 Å². The molecule has 3 aromatic rings. The molecular formula is C22H23N3O. The lowest BCUT2D eigenvalue weighted by Gasteiger charge is -2.44. The Kier molecular flexibility index (Phi) is 3.86. The molecule has 4 nitrogen and oxygen atoms in total. The Balaban J connectivity index is 1.53. The Morgan fingerprint density at radius 3 is 2.65 bits per heavy atom. The maximum atomic E-state index is 12.9. The first-order valence-electron chi connectivity index (χ1n) is 9.59. The number of fused-ring (bicyclic) bond motifs is 4. The predicted molar refractivity (Wildman–Crippen MR) is 103 cm³/mol. The molecule has 2 atom stereocenters. The Hall–Kier alpha value is -2.46. The molecule has 132 valence electrons. The summed E-state index contributed by atoms with van der Waals surface area (Å²) in [5.41, 5.74) is 2.33. The molecule has 0 saturated carbocycles. The molecule has 0 unspecified atom stereocenters. The molecule has 2 aliphatic rings. The Labute approximate surface area is 153 Å². The molecule has 0 bridgehead atoms. The fourth-order valence-corrected chi connectivity index (χ4v) is 4.77. The van der Waals surface area contributed by atoms with E-state index in [4.69, 9.17) is 4.98 Å². The van der Waals surface area contributed by atoms with Crippen LogP contribution in [-0.2, 0) is 13.1 Å². The summed E-state index contributed by atoms with van der Waals surface area (Å²) in [7, 11) is 0. The van der Waals surface area contributed by atoms with Crippen LogP contribution in [0.3, 0.4) is 0 Å². The summed E-state index contributed by atoms with van der Waals surface area (Å²) in [5.74, 6) is 1.36. The van der Waals surface area contributed by atoms with E-state index in [1.165, 1.54) is 5.56 Å². The summed E-state index contributed by atoms with van der Waals surface area (Å²) in [6.07, 6.45) is 3.32. The molecule has 5 rings (SSSR count). The van der Waals surface area contributed by atoms with Gasteiger partial charge in [-0.1, -0.05) is 42.5 Å². The van der Waals surface area contributed by atoms with Crippen molar-refractivity contribution in [1.29, 1.82) is 0 Å². The van der Waals surface area contributed by atoms with E-state index in [9.17, 15) is 4.79 Å². The number of benzene rings is 2. The van der Waals surface area contributed by atoms with Gasteiger partial charge in [0.15, 0.2) is 0 Å². The average molecular weight is 345 g/mol. The van der Waals surface area contributed by atoms with Gasteiger partial charge in [0.2, 0.25) is 0 Å². The number of hydrogen-bond donors (Lipinski definition) is 0. The number of aromatic nitrogens is 2. The lowest BCUT2D eigenvalue weighted by atomic mass is 9.83. The number of nitrogens with zero attached hydrogens (tertiary/aromatic N) is 3. The van der Waals surface area contributed by atoms with Crippen molar-refractivity contribution in [3.8, 4) is 0 Å². The van der Waals surface area contributed by atoms with Crippen LogP contribution in [0.15, 0.2) is 59.4 Å². The molecule has 3 heterocycles. The number of rotatable bonds is 2. The van der Waals surface area contributed by atoms with E-state index < -0.39 is 0 Å². The van der Waals surface area contributed by atoms with Crippen molar-refractivity contribution in [2.75, 3.05) is 6.54 Å². The van der Waals surface area contributed by atoms with E-state index >= 15 is 0 Å². The number of para-hydroxylation sites is 1. The fraction of sp³-hybridized carbons (Fsp3) is 0.364. The van der Waals surface area contributed by atoms with Gasteiger partial charge >= 0.3 is 0 Å². The summed E-state index contributed by atoms with van der Waals surface area (Å²) in [4.78, 5) is 20.5. The van der Waals surface area contributed by atoms with Crippen molar-refractivity contribution in [3.05, 3.63) is 76.3 Å². The van der Waals surface area contributed by atoms with Crippen LogP contribution in [0.1, 0.15) is 36.6 Å². The van der Waals surface area contributed by atoms with Crippen LogP contribution in [0.2, 0.25) is 0 Å². The van der Waals surface area contributed by atoms with Crippen molar-refractivity contribution in [2.45, 2.75) is 44.3 Å². The molecule has 0 aliphatic carbocycles. The number of hydrogen-bond acceptors (Lipinski definition) is 3. The summed E-state index contributed by atoms with van der Waals surface area (Å²) >= 11 is 0. The van der Waals surface area contributed by atoms with Crippen molar-refractivity contribution < 1.29 is 0 Å². The summed E-state index contributed by atoms with van der Waals surface area (Å²) in [5, 5.41) is 0.742. The topological polar surface area (TPSA) is 38.1 Å². The quantitative estimate of drug-likeness (QED) is 0.713. The van der Waals surface area contributed by atoms with Gasteiger partial charge < -0.3 is 0 Å². The van der Waals surface area contributed by atoms with Gasteiger partial charge in [-0.2, -0.15) is 0 Å². The molecule has 1 fully saturated rings. The van der Waals surface area contributed by atoms with E-state index in [0.717, 1.165) is 55.6 Å². The normalized spacial score (nSPS) is 22.8. The van der Waals surface area contributed by atoms with Gasteiger partial charge in [0.25, 0.3) is 5.56 Å². The first-order chi connectivity index (χ1) is 12.8. The smallest absolute Gasteiger partial charge is 0.261 e. The maximum absolute atomic E-state index is 12.9. The Morgan fingerprint density at radius 2 is 1.77 bits per heavy atom. The second-order valence-electron chi connectivity index (χ2n) is 7.50. The standard InChI is InChI=1S/C22H23N3O/c26-22-17-9-4-5-11-19(17)23-21-18-10-6-13-24(20(18)12-14-25(21)22)15-16-7-2-1-3-8-16/h1-5,7-9,11,18,20H,6,10,12-15H2/t18-,20-/m1/s1. The fourth-order valence-electron chi connectivity index (χ4n) is 4.77. The molecule has 0 radical (unpaired) electrons. The van der Waals surface area contributed by atoms with E-state index in [1.807, 2.05) is 28.8 Å². The van der Waals surface area contributed by atoms with Crippen LogP contribution >= 0.6 is 0 Å². The highest BCUT2D eigenvalue weighted by Gasteiger charge is 2.38.